The highest BCUT2D eigenvalue weighted by molar-refractivity contribution is 5.80. The molecule has 0 aromatic heterocycles. The first-order valence-electron chi connectivity index (χ1n) is 8.41. The van der Waals surface area contributed by atoms with E-state index < -0.39 is 0 Å². The fourth-order valence-corrected chi connectivity index (χ4v) is 3.10. The molecule has 3 atom stereocenters. The molecule has 2 rings (SSSR count). The van der Waals surface area contributed by atoms with Crippen LogP contribution in [0.15, 0.2) is 18.2 Å². The number of hydrogen-bond donors (Lipinski definition) is 3. The van der Waals surface area contributed by atoms with Crippen molar-refractivity contribution < 1.29 is 4.79 Å². The molecular formula is C18H29N3O. The first-order chi connectivity index (χ1) is 10.5. The molecule has 1 amide bonds. The normalized spacial score (nSPS) is 24.9. The second-order valence-corrected chi connectivity index (χ2v) is 6.46. The van der Waals surface area contributed by atoms with Crippen LogP contribution in [0.5, 0.6) is 0 Å². The van der Waals surface area contributed by atoms with Crippen molar-refractivity contribution in [3.05, 3.63) is 29.3 Å². The Hall–Kier alpha value is -1.55. The zero-order valence-electron chi connectivity index (χ0n) is 14.2. The third kappa shape index (κ3) is 4.23. The lowest BCUT2D eigenvalue weighted by Gasteiger charge is -2.36. The van der Waals surface area contributed by atoms with E-state index in [0.717, 1.165) is 18.5 Å². The van der Waals surface area contributed by atoms with Crippen molar-refractivity contribution in [2.75, 3.05) is 5.32 Å². The summed E-state index contributed by atoms with van der Waals surface area (Å²) in [4.78, 5) is 12.3. The summed E-state index contributed by atoms with van der Waals surface area (Å²) in [5.41, 5.74) is 3.49. The van der Waals surface area contributed by atoms with E-state index in [9.17, 15) is 4.79 Å². The molecule has 1 heterocycles. The number of unbranched alkanes of at least 4 members (excludes halogenated alkanes) is 2. The summed E-state index contributed by atoms with van der Waals surface area (Å²) in [5.74, 6) is 0.230. The van der Waals surface area contributed by atoms with Gasteiger partial charge in [-0.1, -0.05) is 43.9 Å². The maximum Gasteiger partial charge on any atom is 0.227 e. The van der Waals surface area contributed by atoms with Crippen molar-refractivity contribution in [1.29, 1.82) is 0 Å². The van der Waals surface area contributed by atoms with Gasteiger partial charge in [0.05, 0.1) is 5.92 Å². The highest BCUT2D eigenvalue weighted by Gasteiger charge is 2.32. The molecule has 0 radical (unpaired) electrons. The van der Waals surface area contributed by atoms with Gasteiger partial charge in [0.25, 0.3) is 0 Å². The smallest absolute Gasteiger partial charge is 0.227 e. The Bertz CT molecular complexity index is 515. The van der Waals surface area contributed by atoms with E-state index in [0.29, 0.717) is 0 Å². The Morgan fingerprint density at radius 3 is 2.64 bits per heavy atom. The number of benzene rings is 1. The second kappa shape index (κ2) is 7.63. The maximum atomic E-state index is 12.3. The number of hydrogen-bond acceptors (Lipinski definition) is 3. The van der Waals surface area contributed by atoms with Crippen LogP contribution in [-0.2, 0) is 4.79 Å². The third-order valence-electron chi connectivity index (χ3n) is 4.46. The van der Waals surface area contributed by atoms with Gasteiger partial charge in [-0.2, -0.15) is 0 Å². The van der Waals surface area contributed by atoms with E-state index in [1.54, 1.807) is 0 Å². The van der Waals surface area contributed by atoms with Gasteiger partial charge >= 0.3 is 0 Å². The fourth-order valence-electron chi connectivity index (χ4n) is 3.10. The van der Waals surface area contributed by atoms with E-state index >= 15 is 0 Å². The van der Waals surface area contributed by atoms with Gasteiger partial charge < -0.3 is 10.6 Å². The molecule has 4 heteroatoms. The van der Waals surface area contributed by atoms with Crippen molar-refractivity contribution in [3.8, 4) is 0 Å². The molecule has 0 spiro atoms. The lowest BCUT2D eigenvalue weighted by atomic mass is 9.92. The van der Waals surface area contributed by atoms with Gasteiger partial charge in [0.1, 0.15) is 0 Å². The molecule has 0 aliphatic carbocycles. The number of aryl methyl sites for hydroxylation is 2. The maximum absolute atomic E-state index is 12.3. The largest absolute Gasteiger partial charge is 0.353 e. The molecule has 1 aromatic rings. The molecule has 0 saturated carbocycles. The van der Waals surface area contributed by atoms with Crippen molar-refractivity contribution in [3.63, 3.8) is 0 Å². The minimum absolute atomic E-state index is 0.0729. The van der Waals surface area contributed by atoms with Crippen molar-refractivity contribution >= 4 is 11.6 Å². The van der Waals surface area contributed by atoms with Gasteiger partial charge in [0.2, 0.25) is 5.91 Å². The molecule has 122 valence electrons. The Balaban J connectivity index is 1.94. The molecule has 1 fully saturated rings. The summed E-state index contributed by atoms with van der Waals surface area (Å²) >= 11 is 0. The summed E-state index contributed by atoms with van der Waals surface area (Å²) in [6, 6.07) is 6.48. The van der Waals surface area contributed by atoms with Crippen LogP contribution in [0.4, 0.5) is 5.69 Å². The summed E-state index contributed by atoms with van der Waals surface area (Å²) in [6.07, 6.45) is 4.26. The van der Waals surface area contributed by atoms with Gasteiger partial charge in [0, 0.05) is 11.7 Å². The van der Waals surface area contributed by atoms with Crippen LogP contribution >= 0.6 is 0 Å². The monoisotopic (exact) mass is 303 g/mol. The summed E-state index contributed by atoms with van der Waals surface area (Å²) < 4.78 is 0. The zero-order valence-corrected chi connectivity index (χ0v) is 14.2. The van der Waals surface area contributed by atoms with Crippen LogP contribution in [0.2, 0.25) is 0 Å². The Kier molecular flexibility index (Phi) is 5.83. The van der Waals surface area contributed by atoms with Crippen molar-refractivity contribution in [1.82, 2.24) is 10.6 Å². The quantitative estimate of drug-likeness (QED) is 0.707. The molecule has 1 aromatic carbocycles. The minimum atomic E-state index is -0.202. The van der Waals surface area contributed by atoms with Gasteiger partial charge in [-0.3, -0.25) is 10.1 Å². The highest BCUT2D eigenvalue weighted by Crippen LogP contribution is 2.20. The van der Waals surface area contributed by atoms with E-state index in [2.05, 4.69) is 61.8 Å². The molecule has 3 unspecified atom stereocenters. The first-order valence-corrected chi connectivity index (χ1v) is 8.41. The number of rotatable bonds is 6. The minimum Gasteiger partial charge on any atom is -0.353 e. The molecule has 4 nitrogen and oxygen atoms in total. The average Bonchev–Trinajstić information content (AvgIpc) is 2.45. The van der Waals surface area contributed by atoms with Crippen LogP contribution in [0.1, 0.15) is 50.7 Å². The first kappa shape index (κ1) is 16.8. The summed E-state index contributed by atoms with van der Waals surface area (Å²) in [7, 11) is 0. The van der Waals surface area contributed by atoms with Crippen LogP contribution in [0, 0.1) is 19.8 Å². The SMILES string of the molecule is CCCCCC1C(=O)NC(Nc2ccc(C)cc2C)NC1C. The Morgan fingerprint density at radius 1 is 1.23 bits per heavy atom. The van der Waals surface area contributed by atoms with Gasteiger partial charge in [-0.15, -0.1) is 0 Å². The molecule has 22 heavy (non-hydrogen) atoms. The predicted molar refractivity (Wildman–Crippen MR) is 91.7 cm³/mol. The number of amides is 1. The van der Waals surface area contributed by atoms with E-state index in [4.69, 9.17) is 0 Å². The number of anilines is 1. The molecule has 1 saturated heterocycles. The predicted octanol–water partition coefficient (Wildman–Crippen LogP) is 3.30. The van der Waals surface area contributed by atoms with Crippen LogP contribution < -0.4 is 16.0 Å². The number of carbonyl (C=O) groups is 1. The molecular weight excluding hydrogens is 274 g/mol. The summed E-state index contributed by atoms with van der Waals surface area (Å²) in [6.45, 7) is 8.45. The van der Waals surface area contributed by atoms with E-state index in [1.807, 2.05) is 0 Å². The highest BCUT2D eigenvalue weighted by atomic mass is 16.2. The van der Waals surface area contributed by atoms with Gasteiger partial charge in [-0.25, -0.2) is 0 Å². The molecule has 1 aliphatic heterocycles. The second-order valence-electron chi connectivity index (χ2n) is 6.46. The van der Waals surface area contributed by atoms with E-state index in [-0.39, 0.29) is 24.2 Å². The zero-order chi connectivity index (χ0) is 16.1. The van der Waals surface area contributed by atoms with Crippen LogP contribution in [0.25, 0.3) is 0 Å². The molecule has 3 N–H and O–H groups in total. The number of carbonyl (C=O) groups excluding carboxylic acids is 1. The van der Waals surface area contributed by atoms with Crippen molar-refractivity contribution in [2.24, 2.45) is 5.92 Å². The molecule has 1 aliphatic rings. The lowest BCUT2D eigenvalue weighted by molar-refractivity contribution is -0.129. The van der Waals surface area contributed by atoms with Gasteiger partial charge in [0.15, 0.2) is 6.29 Å². The lowest BCUT2D eigenvalue weighted by Crippen LogP contribution is -2.63. The molecule has 0 bridgehead atoms. The number of nitrogens with one attached hydrogen (secondary N) is 3. The van der Waals surface area contributed by atoms with E-state index in [1.165, 1.54) is 24.0 Å². The van der Waals surface area contributed by atoms with Gasteiger partial charge in [-0.05, 0) is 38.8 Å². The fraction of sp³-hybridized carbons (Fsp3) is 0.611. The Labute approximate surface area is 134 Å². The van der Waals surface area contributed by atoms with Crippen LogP contribution in [0.3, 0.4) is 0 Å². The summed E-state index contributed by atoms with van der Waals surface area (Å²) in [5, 5.41) is 9.91. The Morgan fingerprint density at radius 2 is 2.00 bits per heavy atom. The topological polar surface area (TPSA) is 53.2 Å². The van der Waals surface area contributed by atoms with Crippen LogP contribution in [-0.4, -0.2) is 18.2 Å². The third-order valence-corrected chi connectivity index (χ3v) is 4.46. The van der Waals surface area contributed by atoms with Crippen molar-refractivity contribution in [2.45, 2.75) is 65.7 Å². The average molecular weight is 303 g/mol. The standard InChI is InChI=1S/C18H29N3O/c1-5-6-7-8-15-14(4)19-18(21-17(15)22)20-16-10-9-12(2)11-13(16)3/h9-11,14-15,18-20H,5-8H2,1-4H3,(H,21,22).